The van der Waals surface area contributed by atoms with Gasteiger partial charge in [0, 0.05) is 42.3 Å². The highest BCUT2D eigenvalue weighted by atomic mass is 32.2. The number of carbonyl (C=O) groups is 2. The Labute approximate surface area is 201 Å². The third-order valence-corrected chi connectivity index (χ3v) is 7.25. The molecule has 2 fully saturated rings. The Morgan fingerprint density at radius 2 is 2.09 bits per heavy atom. The Kier molecular flexibility index (Phi) is 6.47. The zero-order chi connectivity index (χ0) is 23.5. The van der Waals surface area contributed by atoms with Crippen molar-refractivity contribution in [3.8, 4) is 17.2 Å². The molecule has 0 unspecified atom stereocenters. The summed E-state index contributed by atoms with van der Waals surface area (Å²) in [6.45, 7) is 1.34. The molecule has 0 radical (unpaired) electrons. The van der Waals surface area contributed by atoms with Gasteiger partial charge in [-0.2, -0.15) is 10.4 Å². The minimum atomic E-state index is -0.444. The number of hydrogen-bond acceptors (Lipinski definition) is 7. The summed E-state index contributed by atoms with van der Waals surface area (Å²) in [7, 11) is 0. The van der Waals surface area contributed by atoms with Crippen molar-refractivity contribution in [1.82, 2.24) is 25.0 Å². The summed E-state index contributed by atoms with van der Waals surface area (Å²) in [4.78, 5) is 31.4. The van der Waals surface area contributed by atoms with Crippen LogP contribution >= 0.6 is 11.8 Å². The predicted molar refractivity (Wildman–Crippen MR) is 128 cm³/mol. The van der Waals surface area contributed by atoms with Crippen molar-refractivity contribution in [1.29, 1.82) is 5.26 Å². The Hall–Kier alpha value is -3.42. The number of aromatic nitrogens is 3. The Balaban J connectivity index is 1.35. The Morgan fingerprint density at radius 3 is 2.91 bits per heavy atom. The summed E-state index contributed by atoms with van der Waals surface area (Å²) in [5.41, 5.74) is 3.05. The highest BCUT2D eigenvalue weighted by Crippen LogP contribution is 2.28. The average Bonchev–Trinajstić information content (AvgIpc) is 3.57. The van der Waals surface area contributed by atoms with Crippen LogP contribution in [-0.2, 0) is 9.53 Å². The van der Waals surface area contributed by atoms with E-state index in [1.54, 1.807) is 12.3 Å². The number of nitrogens with one attached hydrogen (secondary N) is 1. The molecule has 2 saturated heterocycles. The standard InChI is InChI=1S/C24H24N6O3S/c25-10-19-14-34-15-29(19)23(31)12-27-24(32)20-3-6-26-22-2-1-16(9-21(20)22)17-11-28-30(13-17)18-4-7-33-8-5-18/h1-3,6,9,11,13,18-19H,4-5,7-8,12,14-15H2,(H,27,32)/t19-/m1/s1. The van der Waals surface area contributed by atoms with Crippen LogP contribution in [-0.4, -0.2) is 68.9 Å². The van der Waals surface area contributed by atoms with Gasteiger partial charge in [0.1, 0.15) is 6.04 Å². The van der Waals surface area contributed by atoms with Gasteiger partial charge in [0.2, 0.25) is 5.91 Å². The van der Waals surface area contributed by atoms with Gasteiger partial charge in [-0.3, -0.25) is 19.3 Å². The van der Waals surface area contributed by atoms with Crippen LogP contribution in [0.15, 0.2) is 42.9 Å². The van der Waals surface area contributed by atoms with E-state index in [4.69, 9.17) is 4.74 Å². The zero-order valence-electron chi connectivity index (χ0n) is 18.5. The third-order valence-electron chi connectivity index (χ3n) is 6.24. The molecule has 0 saturated carbocycles. The van der Waals surface area contributed by atoms with E-state index >= 15 is 0 Å². The number of amides is 2. The summed E-state index contributed by atoms with van der Waals surface area (Å²) in [5.74, 6) is 0.454. The summed E-state index contributed by atoms with van der Waals surface area (Å²) < 4.78 is 7.44. The van der Waals surface area contributed by atoms with E-state index in [0.29, 0.717) is 34.1 Å². The van der Waals surface area contributed by atoms with E-state index < -0.39 is 6.04 Å². The molecule has 5 rings (SSSR count). The van der Waals surface area contributed by atoms with E-state index in [1.165, 1.54) is 16.7 Å². The van der Waals surface area contributed by atoms with Gasteiger partial charge < -0.3 is 15.0 Å². The molecule has 174 valence electrons. The Morgan fingerprint density at radius 1 is 1.24 bits per heavy atom. The van der Waals surface area contributed by atoms with E-state index in [2.05, 4.69) is 21.5 Å². The van der Waals surface area contributed by atoms with E-state index in [-0.39, 0.29) is 18.4 Å². The van der Waals surface area contributed by atoms with Gasteiger partial charge >= 0.3 is 0 Å². The van der Waals surface area contributed by atoms with Crippen LogP contribution in [0.4, 0.5) is 0 Å². The number of carbonyl (C=O) groups excluding carboxylic acids is 2. The molecule has 0 spiro atoms. The SMILES string of the molecule is N#C[C@@H]1CSCN1C(=O)CNC(=O)c1ccnc2ccc(-c3cnn(C4CCOCC4)c3)cc12. The first-order valence-electron chi connectivity index (χ1n) is 11.2. The maximum Gasteiger partial charge on any atom is 0.252 e. The quantitative estimate of drug-likeness (QED) is 0.602. The first-order chi connectivity index (χ1) is 16.6. The molecule has 2 aliphatic heterocycles. The number of rotatable bonds is 5. The highest BCUT2D eigenvalue weighted by Gasteiger charge is 2.29. The number of hydrogen-bond donors (Lipinski definition) is 1. The smallest absolute Gasteiger partial charge is 0.252 e. The molecule has 10 heteroatoms. The average molecular weight is 477 g/mol. The molecule has 9 nitrogen and oxygen atoms in total. The van der Waals surface area contributed by atoms with Crippen molar-refractivity contribution in [3.05, 3.63) is 48.4 Å². The molecule has 3 aromatic rings. The second-order valence-electron chi connectivity index (χ2n) is 8.33. The number of nitrogens with zero attached hydrogens (tertiary/aromatic N) is 5. The van der Waals surface area contributed by atoms with Crippen LogP contribution in [0.1, 0.15) is 29.2 Å². The first-order valence-corrected chi connectivity index (χ1v) is 12.4. The predicted octanol–water partition coefficient (Wildman–Crippen LogP) is 2.60. The molecule has 0 aliphatic carbocycles. The molecule has 34 heavy (non-hydrogen) atoms. The summed E-state index contributed by atoms with van der Waals surface area (Å²) in [6.07, 6.45) is 7.34. The van der Waals surface area contributed by atoms with Gasteiger partial charge in [0.15, 0.2) is 0 Å². The molecule has 4 heterocycles. The zero-order valence-corrected chi connectivity index (χ0v) is 19.3. The largest absolute Gasteiger partial charge is 0.381 e. The van der Waals surface area contributed by atoms with Crippen molar-refractivity contribution >= 4 is 34.5 Å². The van der Waals surface area contributed by atoms with Gasteiger partial charge in [-0.15, -0.1) is 11.8 Å². The fraction of sp³-hybridized carbons (Fsp3) is 0.375. The second-order valence-corrected chi connectivity index (χ2v) is 9.33. The van der Waals surface area contributed by atoms with E-state index in [1.807, 2.05) is 35.3 Å². The van der Waals surface area contributed by atoms with Crippen LogP contribution in [0.5, 0.6) is 0 Å². The van der Waals surface area contributed by atoms with Crippen molar-refractivity contribution in [2.75, 3.05) is 31.4 Å². The van der Waals surface area contributed by atoms with Crippen LogP contribution in [0.25, 0.3) is 22.0 Å². The molecule has 1 atom stereocenters. The fourth-order valence-electron chi connectivity index (χ4n) is 4.31. The molecule has 1 N–H and O–H groups in total. The molecule has 1 aromatic carbocycles. The number of ether oxygens (including phenoxy) is 1. The number of pyridine rings is 1. The van der Waals surface area contributed by atoms with Crippen LogP contribution in [0.3, 0.4) is 0 Å². The molecule has 2 amide bonds. The van der Waals surface area contributed by atoms with Gasteiger partial charge in [0.25, 0.3) is 5.91 Å². The second kappa shape index (κ2) is 9.83. The summed E-state index contributed by atoms with van der Waals surface area (Å²) in [5, 5.41) is 17.2. The molecule has 0 bridgehead atoms. The molecule has 2 aromatic heterocycles. The monoisotopic (exact) mass is 476 g/mol. The lowest BCUT2D eigenvalue weighted by Crippen LogP contribution is -2.42. The van der Waals surface area contributed by atoms with Gasteiger partial charge in [0.05, 0.1) is 41.8 Å². The van der Waals surface area contributed by atoms with Crippen molar-refractivity contribution in [2.24, 2.45) is 0 Å². The normalized spacial score (nSPS) is 18.7. The van der Waals surface area contributed by atoms with Crippen molar-refractivity contribution in [2.45, 2.75) is 24.9 Å². The maximum atomic E-state index is 13.0. The third kappa shape index (κ3) is 4.49. The maximum absolute atomic E-state index is 13.0. The van der Waals surface area contributed by atoms with Gasteiger partial charge in [-0.05, 0) is 36.6 Å². The van der Waals surface area contributed by atoms with Gasteiger partial charge in [-0.25, -0.2) is 0 Å². The topological polar surface area (TPSA) is 113 Å². The number of fused-ring (bicyclic) bond motifs is 1. The summed E-state index contributed by atoms with van der Waals surface area (Å²) in [6, 6.07) is 9.47. The molecular formula is C24H24N6O3S. The van der Waals surface area contributed by atoms with Crippen molar-refractivity contribution < 1.29 is 14.3 Å². The minimum absolute atomic E-state index is 0.154. The van der Waals surface area contributed by atoms with Crippen LogP contribution < -0.4 is 5.32 Å². The Bertz CT molecular complexity index is 1260. The first kappa shape index (κ1) is 22.4. The van der Waals surface area contributed by atoms with E-state index in [0.717, 1.165) is 37.2 Å². The lowest BCUT2D eigenvalue weighted by Gasteiger charge is -2.22. The van der Waals surface area contributed by atoms with Crippen LogP contribution in [0.2, 0.25) is 0 Å². The number of benzene rings is 1. The van der Waals surface area contributed by atoms with Crippen LogP contribution in [0, 0.1) is 11.3 Å². The molecular weight excluding hydrogens is 452 g/mol. The van der Waals surface area contributed by atoms with Gasteiger partial charge in [-0.1, -0.05) is 6.07 Å². The number of nitriles is 1. The lowest BCUT2D eigenvalue weighted by atomic mass is 10.0. The number of thioether (sulfide) groups is 1. The minimum Gasteiger partial charge on any atom is -0.381 e. The summed E-state index contributed by atoms with van der Waals surface area (Å²) >= 11 is 1.53. The fourth-order valence-corrected chi connectivity index (χ4v) is 5.41. The molecule has 2 aliphatic rings. The lowest BCUT2D eigenvalue weighted by molar-refractivity contribution is -0.129. The van der Waals surface area contributed by atoms with E-state index in [9.17, 15) is 14.9 Å². The van der Waals surface area contributed by atoms with Crippen molar-refractivity contribution in [3.63, 3.8) is 0 Å². The highest BCUT2D eigenvalue weighted by molar-refractivity contribution is 7.99.